The first-order chi connectivity index (χ1) is 24.7. The van der Waals surface area contributed by atoms with Crippen molar-refractivity contribution in [3.05, 3.63) is 171 Å². The number of aryl methyl sites for hydroxylation is 1. The molecule has 3 amide bonds. The number of rotatable bonds is 11. The monoisotopic (exact) mass is 748 g/mol. The van der Waals surface area contributed by atoms with Gasteiger partial charge in [-0.15, -0.1) is 23.1 Å². The zero-order valence-electron chi connectivity index (χ0n) is 27.1. The van der Waals surface area contributed by atoms with Crippen LogP contribution < -0.4 is 16.0 Å². The summed E-state index contributed by atoms with van der Waals surface area (Å²) in [4.78, 5) is 45.7. The van der Waals surface area contributed by atoms with E-state index in [-0.39, 0.29) is 11.6 Å². The Labute approximate surface area is 313 Å². The van der Waals surface area contributed by atoms with Gasteiger partial charge in [0.05, 0.1) is 5.69 Å². The molecule has 51 heavy (non-hydrogen) atoms. The van der Waals surface area contributed by atoms with Crippen LogP contribution in [0.2, 0.25) is 10.0 Å². The summed E-state index contributed by atoms with van der Waals surface area (Å²) in [6, 6.07) is 38.2. The van der Waals surface area contributed by atoms with E-state index in [9.17, 15) is 14.4 Å². The molecule has 11 heteroatoms. The van der Waals surface area contributed by atoms with Crippen LogP contribution >= 0.6 is 46.3 Å². The van der Waals surface area contributed by atoms with Gasteiger partial charge in [-0.05, 0) is 72.7 Å². The second-order valence-electron chi connectivity index (χ2n) is 11.3. The number of halogens is 2. The van der Waals surface area contributed by atoms with Gasteiger partial charge in [0.2, 0.25) is 5.91 Å². The summed E-state index contributed by atoms with van der Waals surface area (Å²) in [5.74, 6) is -1.22. The van der Waals surface area contributed by atoms with E-state index in [1.54, 1.807) is 60.7 Å². The number of carbonyl (C=O) groups excluding carboxylic acids is 3. The van der Waals surface area contributed by atoms with Gasteiger partial charge in [-0.25, -0.2) is 4.98 Å². The molecule has 0 aliphatic rings. The molecule has 0 radical (unpaired) electrons. The van der Waals surface area contributed by atoms with E-state index in [0.717, 1.165) is 27.3 Å². The average molecular weight is 750 g/mol. The lowest BCUT2D eigenvalue weighted by molar-refractivity contribution is -0.116. The molecule has 1 heterocycles. The van der Waals surface area contributed by atoms with Crippen LogP contribution in [0.5, 0.6) is 0 Å². The third-order valence-corrected chi connectivity index (χ3v) is 10.2. The molecule has 1 atom stereocenters. The Morgan fingerprint density at radius 1 is 0.804 bits per heavy atom. The van der Waals surface area contributed by atoms with E-state index in [1.165, 1.54) is 29.2 Å². The van der Waals surface area contributed by atoms with Crippen LogP contribution in [-0.2, 0) is 9.59 Å². The van der Waals surface area contributed by atoms with Crippen LogP contribution in [0.1, 0.15) is 32.3 Å². The van der Waals surface area contributed by atoms with Crippen molar-refractivity contribution in [1.82, 2.24) is 10.3 Å². The minimum Gasteiger partial charge on any atom is -0.321 e. The lowest BCUT2D eigenvalue weighted by Crippen LogP contribution is -2.30. The summed E-state index contributed by atoms with van der Waals surface area (Å²) in [6.45, 7) is 2.03. The fraction of sp³-hybridized carbons (Fsp3) is 0.0500. The smallest absolute Gasteiger partial charge is 0.272 e. The Bertz CT molecular complexity index is 2190. The van der Waals surface area contributed by atoms with Crippen LogP contribution in [0.4, 0.5) is 10.8 Å². The summed E-state index contributed by atoms with van der Waals surface area (Å²) < 4.78 is 0. The van der Waals surface area contributed by atoms with Gasteiger partial charge in [-0.2, -0.15) is 0 Å². The number of carbonyl (C=O) groups is 3. The molecule has 0 aliphatic heterocycles. The molecule has 0 bridgehead atoms. The molecule has 1 aromatic heterocycles. The number of benzene rings is 5. The molecule has 0 saturated carbocycles. The van der Waals surface area contributed by atoms with Gasteiger partial charge in [0.1, 0.15) is 10.9 Å². The molecule has 3 N–H and O–H groups in total. The Balaban J connectivity index is 1.18. The van der Waals surface area contributed by atoms with Gasteiger partial charge in [-0.3, -0.25) is 14.4 Å². The first-order valence-electron chi connectivity index (χ1n) is 15.7. The third-order valence-electron chi connectivity index (χ3n) is 7.58. The van der Waals surface area contributed by atoms with Crippen LogP contribution in [0.25, 0.3) is 17.3 Å². The summed E-state index contributed by atoms with van der Waals surface area (Å²) in [7, 11) is 0. The van der Waals surface area contributed by atoms with Gasteiger partial charge in [0.25, 0.3) is 11.8 Å². The topological polar surface area (TPSA) is 100 Å². The molecule has 0 saturated heterocycles. The summed E-state index contributed by atoms with van der Waals surface area (Å²) in [5.41, 5.74) is 5.13. The number of hydrogen-bond acceptors (Lipinski definition) is 6. The number of thiazole rings is 1. The predicted octanol–water partition coefficient (Wildman–Crippen LogP) is 10.3. The fourth-order valence-electron chi connectivity index (χ4n) is 4.93. The largest absolute Gasteiger partial charge is 0.321 e. The maximum Gasteiger partial charge on any atom is 0.272 e. The Kier molecular flexibility index (Phi) is 11.7. The Morgan fingerprint density at radius 2 is 1.49 bits per heavy atom. The third kappa shape index (κ3) is 9.53. The maximum atomic E-state index is 13.7. The van der Waals surface area contributed by atoms with Crippen LogP contribution in [0.15, 0.2) is 143 Å². The van der Waals surface area contributed by atoms with E-state index < -0.39 is 17.1 Å². The second-order valence-corrected chi connectivity index (χ2v) is 14.2. The number of thioether (sulfide) groups is 1. The standard InChI is InChI=1S/C40H30Cl2N4O3S2/c1-25-12-14-26(15-13-25)35-24-50-40(45-35)46-39(49)36(27-8-4-2-5-9-27)51-32-20-18-31(19-21-32)43-38(48)34(22-29-16-17-30(41)23-33(29)42)44-37(47)28-10-6-3-7-11-28/h2-24,36H,1H3,(H,43,48)(H,44,47)(H,45,46,49)/b34-22-. The molecule has 7 nitrogen and oxygen atoms in total. The Morgan fingerprint density at radius 3 is 2.18 bits per heavy atom. The minimum absolute atomic E-state index is 0.0138. The number of amides is 3. The fourth-order valence-corrected chi connectivity index (χ4v) is 7.14. The van der Waals surface area contributed by atoms with Crippen molar-refractivity contribution in [3.63, 3.8) is 0 Å². The molecule has 6 aromatic rings. The lowest BCUT2D eigenvalue weighted by Gasteiger charge is -2.17. The van der Waals surface area contributed by atoms with Crippen LogP contribution in [0, 0.1) is 6.92 Å². The van der Waals surface area contributed by atoms with Crippen molar-refractivity contribution < 1.29 is 14.4 Å². The first-order valence-corrected chi connectivity index (χ1v) is 18.2. The van der Waals surface area contributed by atoms with Gasteiger partial charge in [0, 0.05) is 37.1 Å². The molecule has 0 aliphatic carbocycles. The van der Waals surface area contributed by atoms with E-state index in [2.05, 4.69) is 20.9 Å². The molecule has 254 valence electrons. The van der Waals surface area contributed by atoms with Crippen LogP contribution in [-0.4, -0.2) is 22.7 Å². The van der Waals surface area contributed by atoms with Gasteiger partial charge < -0.3 is 16.0 Å². The highest BCUT2D eigenvalue weighted by molar-refractivity contribution is 8.00. The molecule has 0 fully saturated rings. The zero-order chi connectivity index (χ0) is 35.7. The number of aromatic nitrogens is 1. The highest BCUT2D eigenvalue weighted by Crippen LogP contribution is 2.37. The van der Waals surface area contributed by atoms with Crippen molar-refractivity contribution in [3.8, 4) is 11.3 Å². The number of anilines is 2. The quantitative estimate of drug-likeness (QED) is 0.0905. The number of nitrogens with zero attached hydrogens (tertiary/aromatic N) is 1. The molecular formula is C40H30Cl2N4O3S2. The number of nitrogens with one attached hydrogen (secondary N) is 3. The minimum atomic E-state index is -0.578. The molecule has 0 spiro atoms. The normalized spacial score (nSPS) is 11.8. The van der Waals surface area contributed by atoms with Crippen LogP contribution in [0.3, 0.4) is 0 Å². The second kappa shape index (κ2) is 16.7. The highest BCUT2D eigenvalue weighted by atomic mass is 35.5. The summed E-state index contributed by atoms with van der Waals surface area (Å²) in [5, 5.41) is 11.2. The van der Waals surface area contributed by atoms with Gasteiger partial charge in [0.15, 0.2) is 5.13 Å². The number of hydrogen-bond donors (Lipinski definition) is 3. The zero-order valence-corrected chi connectivity index (χ0v) is 30.2. The average Bonchev–Trinajstić information content (AvgIpc) is 3.61. The van der Waals surface area contributed by atoms with Gasteiger partial charge >= 0.3 is 0 Å². The summed E-state index contributed by atoms with van der Waals surface area (Å²) in [6.07, 6.45) is 1.49. The van der Waals surface area contributed by atoms with E-state index in [0.29, 0.717) is 32.0 Å². The maximum absolute atomic E-state index is 13.7. The van der Waals surface area contributed by atoms with E-state index in [4.69, 9.17) is 23.2 Å². The highest BCUT2D eigenvalue weighted by Gasteiger charge is 2.24. The van der Waals surface area contributed by atoms with Crippen molar-refractivity contribution in [1.29, 1.82) is 0 Å². The lowest BCUT2D eigenvalue weighted by atomic mass is 10.1. The van der Waals surface area contributed by atoms with Crippen molar-refractivity contribution >= 4 is 80.9 Å². The molecule has 5 aromatic carbocycles. The van der Waals surface area contributed by atoms with E-state index in [1.807, 2.05) is 79.0 Å². The summed E-state index contributed by atoms with van der Waals surface area (Å²) >= 11 is 15.2. The van der Waals surface area contributed by atoms with E-state index >= 15 is 0 Å². The SMILES string of the molecule is Cc1ccc(-c2csc(NC(=O)C(Sc3ccc(NC(=O)/C(=C/c4ccc(Cl)cc4Cl)NC(=O)c4ccccc4)cc3)c3ccccc3)n2)cc1. The predicted molar refractivity (Wildman–Crippen MR) is 209 cm³/mol. The molecular weight excluding hydrogens is 720 g/mol. The van der Waals surface area contributed by atoms with Crippen molar-refractivity contribution in [2.75, 3.05) is 10.6 Å². The van der Waals surface area contributed by atoms with Crippen molar-refractivity contribution in [2.24, 2.45) is 0 Å². The molecule has 6 rings (SSSR count). The van der Waals surface area contributed by atoms with Gasteiger partial charge in [-0.1, -0.05) is 108 Å². The van der Waals surface area contributed by atoms with Crippen molar-refractivity contribution in [2.45, 2.75) is 17.1 Å². The molecule has 1 unspecified atom stereocenters. The first kappa shape index (κ1) is 35.6. The Hall–Kier alpha value is -5.19.